The molecule has 0 heterocycles. The van der Waals surface area contributed by atoms with Crippen LogP contribution in [0.25, 0.3) is 0 Å². The second-order valence-corrected chi connectivity index (χ2v) is 5.52. The highest BCUT2D eigenvalue weighted by atomic mass is 16.5. The summed E-state index contributed by atoms with van der Waals surface area (Å²) in [5, 5.41) is 0. The van der Waals surface area contributed by atoms with Gasteiger partial charge in [-0.2, -0.15) is 0 Å². The maximum atomic E-state index is 5.59. The third kappa shape index (κ3) is 2.78. The molecule has 16 heavy (non-hydrogen) atoms. The Morgan fingerprint density at radius 1 is 0.688 bits per heavy atom. The molecule has 0 saturated heterocycles. The van der Waals surface area contributed by atoms with E-state index in [0.717, 1.165) is 11.8 Å². The summed E-state index contributed by atoms with van der Waals surface area (Å²) >= 11 is 0. The predicted molar refractivity (Wildman–Crippen MR) is 65.5 cm³/mol. The number of hydrogen-bond donors (Lipinski definition) is 0. The fourth-order valence-corrected chi connectivity index (χ4v) is 3.68. The van der Waals surface area contributed by atoms with E-state index in [1.54, 1.807) is 0 Å². The van der Waals surface area contributed by atoms with Gasteiger partial charge in [-0.15, -0.1) is 0 Å². The molecule has 3 unspecified atom stereocenters. The summed E-state index contributed by atoms with van der Waals surface area (Å²) in [6.07, 6.45) is 11.7. The van der Waals surface area contributed by atoms with Crippen LogP contribution in [0.5, 0.6) is 0 Å². The van der Waals surface area contributed by atoms with Crippen LogP contribution in [0, 0.1) is 11.8 Å². The molecule has 3 atom stereocenters. The van der Waals surface area contributed by atoms with Gasteiger partial charge in [0.1, 0.15) is 0 Å². The Kier molecular flexibility index (Phi) is 4.66. The van der Waals surface area contributed by atoms with Crippen LogP contribution in [0.15, 0.2) is 0 Å². The SMILES string of the molecule is COC1CCC(C2CCCCC2)CC1OC. The third-order valence-electron chi connectivity index (χ3n) is 4.69. The predicted octanol–water partition coefficient (Wildman–Crippen LogP) is 3.40. The van der Waals surface area contributed by atoms with Crippen LogP contribution >= 0.6 is 0 Å². The van der Waals surface area contributed by atoms with Crippen LogP contribution in [0.3, 0.4) is 0 Å². The van der Waals surface area contributed by atoms with Crippen molar-refractivity contribution in [3.05, 3.63) is 0 Å². The Morgan fingerprint density at radius 2 is 1.38 bits per heavy atom. The molecule has 94 valence electrons. The van der Waals surface area contributed by atoms with Crippen LogP contribution in [0.4, 0.5) is 0 Å². The quantitative estimate of drug-likeness (QED) is 0.734. The maximum Gasteiger partial charge on any atom is 0.0835 e. The largest absolute Gasteiger partial charge is 0.379 e. The van der Waals surface area contributed by atoms with E-state index in [1.807, 2.05) is 14.2 Å². The van der Waals surface area contributed by atoms with Gasteiger partial charge >= 0.3 is 0 Å². The Morgan fingerprint density at radius 3 is 2.00 bits per heavy atom. The van der Waals surface area contributed by atoms with Crippen molar-refractivity contribution in [1.82, 2.24) is 0 Å². The highest BCUT2D eigenvalue weighted by molar-refractivity contribution is 4.85. The molecule has 2 rings (SSSR count). The zero-order valence-corrected chi connectivity index (χ0v) is 10.8. The summed E-state index contributed by atoms with van der Waals surface area (Å²) < 4.78 is 11.1. The molecule has 2 saturated carbocycles. The van der Waals surface area contributed by atoms with E-state index in [1.165, 1.54) is 51.4 Å². The Hall–Kier alpha value is -0.0800. The summed E-state index contributed by atoms with van der Waals surface area (Å²) in [6.45, 7) is 0. The lowest BCUT2D eigenvalue weighted by Gasteiger charge is -2.39. The normalized spacial score (nSPS) is 37.5. The van der Waals surface area contributed by atoms with Crippen LogP contribution < -0.4 is 0 Å². The van der Waals surface area contributed by atoms with Gasteiger partial charge in [-0.25, -0.2) is 0 Å². The van der Waals surface area contributed by atoms with Crippen molar-refractivity contribution in [2.75, 3.05) is 14.2 Å². The molecule has 0 aromatic heterocycles. The molecule has 2 heteroatoms. The molecule has 0 radical (unpaired) electrons. The van der Waals surface area contributed by atoms with Gasteiger partial charge in [0.25, 0.3) is 0 Å². The van der Waals surface area contributed by atoms with Crippen molar-refractivity contribution >= 4 is 0 Å². The van der Waals surface area contributed by atoms with Gasteiger partial charge in [0.2, 0.25) is 0 Å². The van der Waals surface area contributed by atoms with E-state index < -0.39 is 0 Å². The molecule has 0 amide bonds. The lowest BCUT2D eigenvalue weighted by molar-refractivity contribution is -0.0785. The van der Waals surface area contributed by atoms with E-state index in [4.69, 9.17) is 9.47 Å². The standard InChI is InChI=1S/C14H26O2/c1-15-13-9-8-12(10-14(13)16-2)11-6-4-3-5-7-11/h11-14H,3-10H2,1-2H3. The second kappa shape index (κ2) is 6.02. The molecule has 2 aliphatic rings. The minimum Gasteiger partial charge on any atom is -0.379 e. The number of methoxy groups -OCH3 is 2. The zero-order valence-electron chi connectivity index (χ0n) is 10.8. The lowest BCUT2D eigenvalue weighted by atomic mass is 9.72. The minimum absolute atomic E-state index is 0.338. The van der Waals surface area contributed by atoms with Crippen molar-refractivity contribution in [2.45, 2.75) is 63.6 Å². The minimum atomic E-state index is 0.338. The van der Waals surface area contributed by atoms with Gasteiger partial charge in [0, 0.05) is 14.2 Å². The van der Waals surface area contributed by atoms with E-state index in [9.17, 15) is 0 Å². The fraction of sp³-hybridized carbons (Fsp3) is 1.00. The van der Waals surface area contributed by atoms with E-state index in [0.29, 0.717) is 12.2 Å². The van der Waals surface area contributed by atoms with Gasteiger partial charge in [-0.1, -0.05) is 32.1 Å². The first-order chi connectivity index (χ1) is 7.85. The molecule has 0 N–H and O–H groups in total. The van der Waals surface area contributed by atoms with Crippen molar-refractivity contribution < 1.29 is 9.47 Å². The Bertz CT molecular complexity index is 199. The summed E-state index contributed by atoms with van der Waals surface area (Å²) in [7, 11) is 3.65. The second-order valence-electron chi connectivity index (χ2n) is 5.52. The highest BCUT2D eigenvalue weighted by Gasteiger charge is 2.34. The van der Waals surface area contributed by atoms with E-state index in [2.05, 4.69) is 0 Å². The van der Waals surface area contributed by atoms with E-state index in [-0.39, 0.29) is 0 Å². The van der Waals surface area contributed by atoms with Crippen molar-refractivity contribution in [1.29, 1.82) is 0 Å². The molecular formula is C14H26O2. The molecule has 0 spiro atoms. The molecule has 0 aromatic carbocycles. The highest BCUT2D eigenvalue weighted by Crippen LogP contribution is 2.39. The van der Waals surface area contributed by atoms with Gasteiger partial charge in [-0.3, -0.25) is 0 Å². The van der Waals surface area contributed by atoms with Crippen LogP contribution in [-0.4, -0.2) is 26.4 Å². The zero-order chi connectivity index (χ0) is 11.4. The topological polar surface area (TPSA) is 18.5 Å². The van der Waals surface area contributed by atoms with Gasteiger partial charge in [-0.05, 0) is 31.1 Å². The number of rotatable bonds is 3. The van der Waals surface area contributed by atoms with Gasteiger partial charge in [0.15, 0.2) is 0 Å². The van der Waals surface area contributed by atoms with Crippen LogP contribution in [-0.2, 0) is 9.47 Å². The summed E-state index contributed by atoms with van der Waals surface area (Å²) in [4.78, 5) is 0. The van der Waals surface area contributed by atoms with E-state index >= 15 is 0 Å². The van der Waals surface area contributed by atoms with Crippen molar-refractivity contribution in [3.8, 4) is 0 Å². The monoisotopic (exact) mass is 226 g/mol. The first kappa shape index (κ1) is 12.4. The summed E-state index contributed by atoms with van der Waals surface area (Å²) in [5.41, 5.74) is 0. The summed E-state index contributed by atoms with van der Waals surface area (Å²) in [5.74, 6) is 1.88. The number of ether oxygens (including phenoxy) is 2. The van der Waals surface area contributed by atoms with Crippen molar-refractivity contribution in [2.24, 2.45) is 11.8 Å². The van der Waals surface area contributed by atoms with Crippen molar-refractivity contribution in [3.63, 3.8) is 0 Å². The molecule has 0 aliphatic heterocycles. The molecule has 0 aromatic rings. The number of hydrogen-bond acceptors (Lipinski definition) is 2. The Labute approximate surface area is 99.7 Å². The maximum absolute atomic E-state index is 5.59. The first-order valence-electron chi connectivity index (χ1n) is 6.90. The third-order valence-corrected chi connectivity index (χ3v) is 4.69. The molecule has 2 aliphatic carbocycles. The first-order valence-corrected chi connectivity index (χ1v) is 6.90. The fourth-order valence-electron chi connectivity index (χ4n) is 3.68. The Balaban J connectivity index is 1.87. The summed E-state index contributed by atoms with van der Waals surface area (Å²) in [6, 6.07) is 0. The average molecular weight is 226 g/mol. The molecule has 2 nitrogen and oxygen atoms in total. The van der Waals surface area contributed by atoms with Gasteiger partial charge < -0.3 is 9.47 Å². The molecular weight excluding hydrogens is 200 g/mol. The van der Waals surface area contributed by atoms with Gasteiger partial charge in [0.05, 0.1) is 12.2 Å². The molecule has 2 fully saturated rings. The lowest BCUT2D eigenvalue weighted by Crippen LogP contribution is -2.39. The molecule has 0 bridgehead atoms. The van der Waals surface area contributed by atoms with Crippen LogP contribution in [0.2, 0.25) is 0 Å². The smallest absolute Gasteiger partial charge is 0.0835 e. The average Bonchev–Trinajstić information content (AvgIpc) is 2.39. The van der Waals surface area contributed by atoms with Crippen LogP contribution in [0.1, 0.15) is 51.4 Å².